The van der Waals surface area contributed by atoms with E-state index in [-0.39, 0.29) is 0 Å². The van der Waals surface area contributed by atoms with E-state index in [1.54, 1.807) is 11.3 Å². The second kappa shape index (κ2) is 6.83. The van der Waals surface area contributed by atoms with E-state index >= 15 is 0 Å². The Morgan fingerprint density at radius 3 is 3.05 bits per heavy atom. The molecule has 19 heavy (non-hydrogen) atoms. The molecule has 1 aliphatic carbocycles. The van der Waals surface area contributed by atoms with Crippen LogP contribution in [0.2, 0.25) is 0 Å². The van der Waals surface area contributed by atoms with Crippen molar-refractivity contribution >= 4 is 17.0 Å². The Morgan fingerprint density at radius 2 is 2.37 bits per heavy atom. The highest BCUT2D eigenvalue weighted by Crippen LogP contribution is 2.22. The second-order valence-corrected chi connectivity index (χ2v) is 5.83. The fourth-order valence-corrected chi connectivity index (χ4v) is 3.17. The summed E-state index contributed by atoms with van der Waals surface area (Å²) in [7, 11) is 2.04. The average Bonchev–Trinajstić information content (AvgIpc) is 2.94. The van der Waals surface area contributed by atoms with Gasteiger partial charge in [-0.3, -0.25) is 4.99 Å². The standard InChI is InChI=1S/C16H22N2S/c1-12-6-4-7-15(17-3)14(12)9-10-18-13(2)16-8-5-11-19-16/h4-6,8,11,15,17H,7,9-10H2,1-3H3/b18-13+. The van der Waals surface area contributed by atoms with Gasteiger partial charge in [-0.05, 0) is 50.8 Å². The van der Waals surface area contributed by atoms with Crippen LogP contribution in [-0.2, 0) is 0 Å². The van der Waals surface area contributed by atoms with Crippen LogP contribution in [0.15, 0.2) is 45.8 Å². The van der Waals surface area contributed by atoms with E-state index in [9.17, 15) is 0 Å². The lowest BCUT2D eigenvalue weighted by molar-refractivity contribution is 0.608. The third-order valence-corrected chi connectivity index (χ3v) is 4.60. The molecule has 2 rings (SSSR count). The van der Waals surface area contributed by atoms with E-state index in [1.807, 2.05) is 7.05 Å². The highest BCUT2D eigenvalue weighted by atomic mass is 32.1. The van der Waals surface area contributed by atoms with E-state index in [2.05, 4.69) is 48.8 Å². The Kier molecular flexibility index (Phi) is 5.11. The molecule has 0 bridgehead atoms. The molecule has 1 aliphatic rings. The van der Waals surface area contributed by atoms with Crippen molar-refractivity contribution in [2.75, 3.05) is 13.6 Å². The van der Waals surface area contributed by atoms with Crippen molar-refractivity contribution in [2.45, 2.75) is 32.7 Å². The number of nitrogens with one attached hydrogen (secondary N) is 1. The topological polar surface area (TPSA) is 24.4 Å². The summed E-state index contributed by atoms with van der Waals surface area (Å²) < 4.78 is 0. The first-order valence-electron chi connectivity index (χ1n) is 6.80. The molecule has 1 aromatic heterocycles. The van der Waals surface area contributed by atoms with Gasteiger partial charge in [0.1, 0.15) is 0 Å². The zero-order chi connectivity index (χ0) is 13.7. The SMILES string of the molecule is CNC1CC=CC(C)=C1CC/N=C(\C)c1cccs1. The molecule has 1 aromatic rings. The van der Waals surface area contributed by atoms with Crippen molar-refractivity contribution in [3.8, 4) is 0 Å². The molecule has 0 saturated heterocycles. The number of nitrogens with zero attached hydrogens (tertiary/aromatic N) is 1. The van der Waals surface area contributed by atoms with Gasteiger partial charge in [-0.2, -0.15) is 0 Å². The van der Waals surface area contributed by atoms with Gasteiger partial charge in [0.05, 0.1) is 0 Å². The average molecular weight is 274 g/mol. The number of hydrogen-bond acceptors (Lipinski definition) is 3. The molecule has 3 heteroatoms. The normalized spacial score (nSPS) is 20.2. The van der Waals surface area contributed by atoms with E-state index in [4.69, 9.17) is 4.99 Å². The van der Waals surface area contributed by atoms with Crippen molar-refractivity contribution in [3.05, 3.63) is 45.7 Å². The minimum absolute atomic E-state index is 0.488. The fraction of sp³-hybridized carbons (Fsp3) is 0.438. The summed E-state index contributed by atoms with van der Waals surface area (Å²) in [6, 6.07) is 4.70. The van der Waals surface area contributed by atoms with Gasteiger partial charge in [0, 0.05) is 23.2 Å². The molecule has 0 aliphatic heterocycles. The number of likely N-dealkylation sites (N-methyl/N-ethyl adjacent to an activating group) is 1. The lowest BCUT2D eigenvalue weighted by atomic mass is 9.91. The third kappa shape index (κ3) is 3.64. The van der Waals surface area contributed by atoms with Gasteiger partial charge in [0.15, 0.2) is 0 Å². The molecule has 2 nitrogen and oxygen atoms in total. The maximum Gasteiger partial charge on any atom is 0.0489 e. The first-order valence-corrected chi connectivity index (χ1v) is 7.68. The van der Waals surface area contributed by atoms with Crippen LogP contribution in [0.1, 0.15) is 31.6 Å². The van der Waals surface area contributed by atoms with E-state index in [0.29, 0.717) is 6.04 Å². The van der Waals surface area contributed by atoms with Crippen molar-refractivity contribution in [3.63, 3.8) is 0 Å². The summed E-state index contributed by atoms with van der Waals surface area (Å²) >= 11 is 1.76. The molecule has 0 amide bonds. The van der Waals surface area contributed by atoms with Crippen LogP contribution in [0.3, 0.4) is 0 Å². The molecular formula is C16H22N2S. The summed E-state index contributed by atoms with van der Waals surface area (Å²) in [6.45, 7) is 5.18. The van der Waals surface area contributed by atoms with Crippen LogP contribution in [0.25, 0.3) is 0 Å². The summed E-state index contributed by atoms with van der Waals surface area (Å²) in [5.41, 5.74) is 4.06. The summed E-state index contributed by atoms with van der Waals surface area (Å²) in [5, 5.41) is 5.50. The van der Waals surface area contributed by atoms with E-state index in [1.165, 1.54) is 16.0 Å². The zero-order valence-electron chi connectivity index (χ0n) is 11.9. The summed E-state index contributed by atoms with van der Waals surface area (Å²) in [6.07, 6.45) is 6.63. The van der Waals surface area contributed by atoms with Gasteiger partial charge in [-0.15, -0.1) is 11.3 Å². The van der Waals surface area contributed by atoms with Gasteiger partial charge < -0.3 is 5.32 Å². The molecule has 0 radical (unpaired) electrons. The van der Waals surface area contributed by atoms with Crippen LogP contribution in [0, 0.1) is 0 Å². The quantitative estimate of drug-likeness (QED) is 0.811. The Balaban J connectivity index is 1.98. The molecule has 0 spiro atoms. The van der Waals surface area contributed by atoms with Crippen molar-refractivity contribution in [1.82, 2.24) is 5.32 Å². The lowest BCUT2D eigenvalue weighted by Gasteiger charge is -2.23. The molecular weight excluding hydrogens is 252 g/mol. The summed E-state index contributed by atoms with van der Waals surface area (Å²) in [5.74, 6) is 0. The van der Waals surface area contributed by atoms with Crippen molar-refractivity contribution in [2.24, 2.45) is 4.99 Å². The minimum Gasteiger partial charge on any atom is -0.313 e. The highest BCUT2D eigenvalue weighted by Gasteiger charge is 2.15. The molecule has 0 fully saturated rings. The molecule has 1 atom stereocenters. The zero-order valence-corrected chi connectivity index (χ0v) is 12.8. The first kappa shape index (κ1) is 14.2. The number of hydrogen-bond donors (Lipinski definition) is 1. The largest absolute Gasteiger partial charge is 0.313 e. The van der Waals surface area contributed by atoms with Crippen LogP contribution < -0.4 is 5.32 Å². The molecule has 0 saturated carbocycles. The predicted octanol–water partition coefficient (Wildman–Crippen LogP) is 3.81. The predicted molar refractivity (Wildman–Crippen MR) is 85.3 cm³/mol. The number of aliphatic imine (C=N–C) groups is 1. The third-order valence-electron chi connectivity index (χ3n) is 3.62. The van der Waals surface area contributed by atoms with Crippen molar-refractivity contribution < 1.29 is 0 Å². The molecule has 0 aromatic carbocycles. The van der Waals surface area contributed by atoms with Crippen LogP contribution >= 0.6 is 11.3 Å². The highest BCUT2D eigenvalue weighted by molar-refractivity contribution is 7.12. The fourth-order valence-electron chi connectivity index (χ4n) is 2.47. The Morgan fingerprint density at radius 1 is 1.53 bits per heavy atom. The molecule has 1 N–H and O–H groups in total. The Hall–Kier alpha value is -1.19. The second-order valence-electron chi connectivity index (χ2n) is 4.88. The maximum atomic E-state index is 4.70. The van der Waals surface area contributed by atoms with E-state index in [0.717, 1.165) is 25.1 Å². The van der Waals surface area contributed by atoms with Gasteiger partial charge in [-0.1, -0.05) is 23.8 Å². The summed E-state index contributed by atoms with van der Waals surface area (Å²) in [4.78, 5) is 5.98. The van der Waals surface area contributed by atoms with Crippen LogP contribution in [0.5, 0.6) is 0 Å². The lowest BCUT2D eigenvalue weighted by Crippen LogP contribution is -2.29. The van der Waals surface area contributed by atoms with Gasteiger partial charge in [0.25, 0.3) is 0 Å². The minimum atomic E-state index is 0.488. The van der Waals surface area contributed by atoms with Gasteiger partial charge in [-0.25, -0.2) is 0 Å². The van der Waals surface area contributed by atoms with Crippen molar-refractivity contribution in [1.29, 1.82) is 0 Å². The Labute approximate surface area is 120 Å². The van der Waals surface area contributed by atoms with Crippen LogP contribution in [0.4, 0.5) is 0 Å². The monoisotopic (exact) mass is 274 g/mol. The van der Waals surface area contributed by atoms with Gasteiger partial charge in [0.2, 0.25) is 0 Å². The molecule has 1 unspecified atom stereocenters. The molecule has 1 heterocycles. The van der Waals surface area contributed by atoms with Gasteiger partial charge >= 0.3 is 0 Å². The Bertz CT molecular complexity index is 495. The molecule has 102 valence electrons. The van der Waals surface area contributed by atoms with E-state index < -0.39 is 0 Å². The number of allylic oxidation sites excluding steroid dienone is 2. The first-order chi connectivity index (χ1) is 9.22. The maximum absolute atomic E-state index is 4.70. The van der Waals surface area contributed by atoms with Crippen LogP contribution in [-0.4, -0.2) is 25.3 Å². The number of thiophene rings is 1. The number of rotatable bonds is 5. The smallest absolute Gasteiger partial charge is 0.0489 e.